The quantitative estimate of drug-likeness (QED) is 0.727. The Balaban J connectivity index is 1.62. The van der Waals surface area contributed by atoms with E-state index in [-0.39, 0.29) is 5.91 Å². The molecule has 0 aliphatic carbocycles. The zero-order valence-corrected chi connectivity index (χ0v) is 12.8. The van der Waals surface area contributed by atoms with E-state index < -0.39 is 0 Å². The number of carbonyl (C=O) groups excluding carboxylic acids is 1. The summed E-state index contributed by atoms with van der Waals surface area (Å²) in [7, 11) is 0. The number of likely N-dealkylation sites (tertiary alicyclic amines) is 1. The summed E-state index contributed by atoms with van der Waals surface area (Å²) in [6.45, 7) is 1.76. The van der Waals surface area contributed by atoms with Crippen LogP contribution in [0.25, 0.3) is 22.0 Å². The number of hydrogen-bond acceptors (Lipinski definition) is 3. The molecule has 0 saturated carbocycles. The molecule has 1 amide bonds. The standard InChI is InChI=1S/C19H17N3O/c23-19(22-11-1-2-12-22)15-5-3-14(4-6-15)16-7-8-18-17(13-16)9-10-20-21-18/h3-10,13H,1-2,11-12H2. The summed E-state index contributed by atoms with van der Waals surface area (Å²) in [4.78, 5) is 14.3. The Labute approximate surface area is 134 Å². The van der Waals surface area contributed by atoms with Gasteiger partial charge in [0.15, 0.2) is 0 Å². The van der Waals surface area contributed by atoms with Gasteiger partial charge in [-0.2, -0.15) is 10.2 Å². The topological polar surface area (TPSA) is 46.1 Å². The van der Waals surface area contributed by atoms with Crippen molar-refractivity contribution in [3.63, 3.8) is 0 Å². The van der Waals surface area contributed by atoms with Gasteiger partial charge in [0.25, 0.3) is 5.91 Å². The van der Waals surface area contributed by atoms with Crippen molar-refractivity contribution in [3.05, 3.63) is 60.3 Å². The summed E-state index contributed by atoms with van der Waals surface area (Å²) < 4.78 is 0. The first-order chi connectivity index (χ1) is 11.3. The molecule has 2 heterocycles. The second-order valence-electron chi connectivity index (χ2n) is 5.88. The Hall–Kier alpha value is -2.75. The molecule has 1 saturated heterocycles. The molecule has 0 atom stereocenters. The normalized spacial score (nSPS) is 14.3. The van der Waals surface area contributed by atoms with Gasteiger partial charge in [0, 0.05) is 24.0 Å². The summed E-state index contributed by atoms with van der Waals surface area (Å²) in [5.41, 5.74) is 3.87. The maximum absolute atomic E-state index is 12.4. The van der Waals surface area contributed by atoms with Gasteiger partial charge < -0.3 is 4.90 Å². The summed E-state index contributed by atoms with van der Waals surface area (Å²) in [6, 6.07) is 15.9. The lowest BCUT2D eigenvalue weighted by Crippen LogP contribution is -2.27. The van der Waals surface area contributed by atoms with Crippen LogP contribution in [0.5, 0.6) is 0 Å². The summed E-state index contributed by atoms with van der Waals surface area (Å²) >= 11 is 0. The molecule has 1 fully saturated rings. The van der Waals surface area contributed by atoms with Gasteiger partial charge >= 0.3 is 0 Å². The molecule has 114 valence electrons. The molecule has 4 heteroatoms. The van der Waals surface area contributed by atoms with Gasteiger partial charge in [-0.05, 0) is 54.3 Å². The van der Waals surface area contributed by atoms with Crippen LogP contribution in [0.1, 0.15) is 23.2 Å². The number of hydrogen-bond donors (Lipinski definition) is 0. The molecule has 1 aliphatic heterocycles. The van der Waals surface area contributed by atoms with Gasteiger partial charge in [-0.1, -0.05) is 18.2 Å². The van der Waals surface area contributed by atoms with E-state index in [1.807, 2.05) is 47.4 Å². The minimum absolute atomic E-state index is 0.142. The fourth-order valence-electron chi connectivity index (χ4n) is 3.08. The molecule has 4 rings (SSSR count). The van der Waals surface area contributed by atoms with Crippen molar-refractivity contribution in [2.24, 2.45) is 0 Å². The highest BCUT2D eigenvalue weighted by Gasteiger charge is 2.19. The number of carbonyl (C=O) groups is 1. The second kappa shape index (κ2) is 5.80. The molecule has 0 radical (unpaired) electrons. The molecular formula is C19H17N3O. The number of benzene rings is 2. The molecule has 1 aromatic heterocycles. The van der Waals surface area contributed by atoms with E-state index in [1.165, 1.54) is 0 Å². The predicted octanol–water partition coefficient (Wildman–Crippen LogP) is 3.53. The van der Waals surface area contributed by atoms with E-state index in [0.717, 1.165) is 53.5 Å². The summed E-state index contributed by atoms with van der Waals surface area (Å²) in [5.74, 6) is 0.142. The Morgan fingerprint density at radius 2 is 1.65 bits per heavy atom. The van der Waals surface area contributed by atoms with Gasteiger partial charge in [0.1, 0.15) is 0 Å². The van der Waals surface area contributed by atoms with Crippen LogP contribution < -0.4 is 0 Å². The van der Waals surface area contributed by atoms with Crippen molar-refractivity contribution in [2.75, 3.05) is 13.1 Å². The number of rotatable bonds is 2. The van der Waals surface area contributed by atoms with E-state index >= 15 is 0 Å². The fraction of sp³-hybridized carbons (Fsp3) is 0.211. The monoisotopic (exact) mass is 303 g/mol. The highest BCUT2D eigenvalue weighted by atomic mass is 16.2. The third-order valence-electron chi connectivity index (χ3n) is 4.37. The van der Waals surface area contributed by atoms with E-state index in [0.29, 0.717) is 0 Å². The SMILES string of the molecule is O=C(c1ccc(-c2ccc3nnccc3c2)cc1)N1CCCC1. The number of aromatic nitrogens is 2. The predicted molar refractivity (Wildman–Crippen MR) is 90.1 cm³/mol. The lowest BCUT2D eigenvalue weighted by molar-refractivity contribution is 0.0793. The van der Waals surface area contributed by atoms with Crippen molar-refractivity contribution < 1.29 is 4.79 Å². The van der Waals surface area contributed by atoms with Gasteiger partial charge in [-0.25, -0.2) is 0 Å². The van der Waals surface area contributed by atoms with Gasteiger partial charge in [-0.3, -0.25) is 4.79 Å². The minimum Gasteiger partial charge on any atom is -0.339 e. The van der Waals surface area contributed by atoms with Crippen molar-refractivity contribution in [3.8, 4) is 11.1 Å². The molecule has 3 aromatic rings. The molecule has 2 aromatic carbocycles. The average Bonchev–Trinajstić information content (AvgIpc) is 3.15. The van der Waals surface area contributed by atoms with E-state index in [1.54, 1.807) is 6.20 Å². The largest absolute Gasteiger partial charge is 0.339 e. The molecule has 0 N–H and O–H groups in total. The average molecular weight is 303 g/mol. The van der Waals surface area contributed by atoms with Crippen LogP contribution in [0.4, 0.5) is 0 Å². The molecule has 0 unspecified atom stereocenters. The number of amides is 1. The summed E-state index contributed by atoms with van der Waals surface area (Å²) in [6.07, 6.45) is 3.93. The van der Waals surface area contributed by atoms with Crippen molar-refractivity contribution >= 4 is 16.8 Å². The molecular weight excluding hydrogens is 286 g/mol. The van der Waals surface area contributed by atoms with Crippen molar-refractivity contribution in [1.29, 1.82) is 0 Å². The molecule has 4 nitrogen and oxygen atoms in total. The van der Waals surface area contributed by atoms with Crippen LogP contribution in [0.15, 0.2) is 54.7 Å². The molecule has 0 bridgehead atoms. The van der Waals surface area contributed by atoms with Crippen LogP contribution >= 0.6 is 0 Å². The zero-order chi connectivity index (χ0) is 15.6. The summed E-state index contributed by atoms with van der Waals surface area (Å²) in [5, 5.41) is 9.05. The molecule has 23 heavy (non-hydrogen) atoms. The highest BCUT2D eigenvalue weighted by Crippen LogP contribution is 2.24. The Bertz CT molecular complexity index is 852. The van der Waals surface area contributed by atoms with Crippen molar-refractivity contribution in [1.82, 2.24) is 15.1 Å². The van der Waals surface area contributed by atoms with Gasteiger partial charge in [0.05, 0.1) is 11.7 Å². The highest BCUT2D eigenvalue weighted by molar-refractivity contribution is 5.95. The first kappa shape index (κ1) is 13.9. The Morgan fingerprint density at radius 1 is 0.913 bits per heavy atom. The second-order valence-corrected chi connectivity index (χ2v) is 5.88. The van der Waals surface area contributed by atoms with Gasteiger partial charge in [0.2, 0.25) is 0 Å². The lowest BCUT2D eigenvalue weighted by atomic mass is 10.0. The fourth-order valence-corrected chi connectivity index (χ4v) is 3.08. The van der Waals surface area contributed by atoms with Crippen LogP contribution in [0, 0.1) is 0 Å². The number of nitrogens with zero attached hydrogens (tertiary/aromatic N) is 3. The van der Waals surface area contributed by atoms with E-state index in [2.05, 4.69) is 16.3 Å². The Morgan fingerprint density at radius 3 is 2.43 bits per heavy atom. The lowest BCUT2D eigenvalue weighted by Gasteiger charge is -2.15. The Kier molecular flexibility index (Phi) is 3.50. The minimum atomic E-state index is 0.142. The third kappa shape index (κ3) is 2.68. The van der Waals surface area contributed by atoms with E-state index in [9.17, 15) is 4.79 Å². The third-order valence-corrected chi connectivity index (χ3v) is 4.37. The maximum atomic E-state index is 12.4. The van der Waals surface area contributed by atoms with Gasteiger partial charge in [-0.15, -0.1) is 0 Å². The first-order valence-corrected chi connectivity index (χ1v) is 7.92. The van der Waals surface area contributed by atoms with Crippen LogP contribution in [-0.2, 0) is 0 Å². The smallest absolute Gasteiger partial charge is 0.253 e. The first-order valence-electron chi connectivity index (χ1n) is 7.92. The van der Waals surface area contributed by atoms with Crippen LogP contribution in [0.3, 0.4) is 0 Å². The maximum Gasteiger partial charge on any atom is 0.253 e. The van der Waals surface area contributed by atoms with Crippen LogP contribution in [-0.4, -0.2) is 34.1 Å². The molecule has 1 aliphatic rings. The number of fused-ring (bicyclic) bond motifs is 1. The molecule has 0 spiro atoms. The van der Waals surface area contributed by atoms with Crippen molar-refractivity contribution in [2.45, 2.75) is 12.8 Å². The zero-order valence-electron chi connectivity index (χ0n) is 12.8. The van der Waals surface area contributed by atoms with Crippen LogP contribution in [0.2, 0.25) is 0 Å². The van der Waals surface area contributed by atoms with E-state index in [4.69, 9.17) is 0 Å².